The van der Waals surface area contributed by atoms with Gasteiger partial charge in [0.25, 0.3) is 0 Å². The van der Waals surface area contributed by atoms with Gasteiger partial charge in [-0.2, -0.15) is 4.98 Å². The van der Waals surface area contributed by atoms with Gasteiger partial charge in [0.15, 0.2) is 0 Å². The molecule has 0 saturated carbocycles. The zero-order valence-corrected chi connectivity index (χ0v) is 9.77. The zero-order chi connectivity index (χ0) is 12.0. The Morgan fingerprint density at radius 2 is 2.19 bits per heavy atom. The molecule has 1 rings (SSSR count). The molecule has 1 aromatic rings. The van der Waals surface area contributed by atoms with Gasteiger partial charge in [-0.05, 0) is 6.07 Å². The van der Waals surface area contributed by atoms with E-state index in [1.807, 2.05) is 24.1 Å². The molecule has 0 aliphatic rings. The fourth-order valence-electron chi connectivity index (χ4n) is 1.21. The Kier molecular flexibility index (Phi) is 4.57. The van der Waals surface area contributed by atoms with Crippen molar-refractivity contribution in [3.63, 3.8) is 0 Å². The van der Waals surface area contributed by atoms with E-state index in [1.54, 1.807) is 13.2 Å². The predicted octanol–water partition coefficient (Wildman–Crippen LogP) is 1.09. The Labute approximate surface area is 95.0 Å². The highest BCUT2D eigenvalue weighted by Gasteiger charge is 2.06. The van der Waals surface area contributed by atoms with Gasteiger partial charge in [0.2, 0.25) is 5.88 Å². The lowest BCUT2D eigenvalue weighted by Gasteiger charge is -2.17. The van der Waals surface area contributed by atoms with E-state index < -0.39 is 0 Å². The van der Waals surface area contributed by atoms with Gasteiger partial charge >= 0.3 is 5.97 Å². The maximum atomic E-state index is 11.0. The number of carbonyl (C=O) groups excluding carboxylic acids is 1. The summed E-state index contributed by atoms with van der Waals surface area (Å²) in [6.45, 7) is 0.562. The smallest absolute Gasteiger partial charge is 0.307 e. The average molecular weight is 224 g/mol. The molecule has 0 aliphatic heterocycles. The Morgan fingerprint density at radius 3 is 2.81 bits per heavy atom. The molecule has 0 aromatic carbocycles. The van der Waals surface area contributed by atoms with Gasteiger partial charge < -0.3 is 14.4 Å². The van der Waals surface area contributed by atoms with E-state index in [1.165, 1.54) is 7.11 Å². The highest BCUT2D eigenvalue weighted by atomic mass is 16.5. The molecule has 0 atom stereocenters. The third-order valence-corrected chi connectivity index (χ3v) is 2.19. The fraction of sp³-hybridized carbons (Fsp3) is 0.455. The SMILES string of the molecule is COC(=O)CCN(C)c1cccc(OC)n1. The number of hydrogen-bond donors (Lipinski definition) is 0. The standard InChI is InChI=1S/C11H16N2O3/c1-13(8-7-11(14)16-3)9-5-4-6-10(12-9)15-2/h4-6H,7-8H2,1-3H3. The van der Waals surface area contributed by atoms with Gasteiger partial charge in [0, 0.05) is 19.7 Å². The maximum Gasteiger partial charge on any atom is 0.307 e. The van der Waals surface area contributed by atoms with Crippen LogP contribution in [0.3, 0.4) is 0 Å². The van der Waals surface area contributed by atoms with Crippen LogP contribution in [-0.2, 0) is 9.53 Å². The van der Waals surface area contributed by atoms with Gasteiger partial charge in [0.1, 0.15) is 5.82 Å². The third kappa shape index (κ3) is 3.42. The van der Waals surface area contributed by atoms with Crippen LogP contribution in [0.25, 0.3) is 0 Å². The monoisotopic (exact) mass is 224 g/mol. The van der Waals surface area contributed by atoms with Crippen molar-refractivity contribution < 1.29 is 14.3 Å². The zero-order valence-electron chi connectivity index (χ0n) is 9.77. The van der Waals surface area contributed by atoms with Gasteiger partial charge in [-0.3, -0.25) is 4.79 Å². The van der Waals surface area contributed by atoms with Crippen LogP contribution in [0.5, 0.6) is 5.88 Å². The first kappa shape index (κ1) is 12.3. The van der Waals surface area contributed by atoms with Crippen molar-refractivity contribution in [3.8, 4) is 5.88 Å². The number of pyridine rings is 1. The Hall–Kier alpha value is -1.78. The van der Waals surface area contributed by atoms with Crippen molar-refractivity contribution in [2.45, 2.75) is 6.42 Å². The van der Waals surface area contributed by atoms with E-state index in [4.69, 9.17) is 4.74 Å². The summed E-state index contributed by atoms with van der Waals surface area (Å²) >= 11 is 0. The first-order valence-corrected chi connectivity index (χ1v) is 4.96. The number of hydrogen-bond acceptors (Lipinski definition) is 5. The van der Waals surface area contributed by atoms with Gasteiger partial charge in [0.05, 0.1) is 20.6 Å². The van der Waals surface area contributed by atoms with Crippen LogP contribution in [0.15, 0.2) is 18.2 Å². The summed E-state index contributed by atoms with van der Waals surface area (Å²) < 4.78 is 9.59. The summed E-state index contributed by atoms with van der Waals surface area (Å²) in [5, 5.41) is 0. The fourth-order valence-corrected chi connectivity index (χ4v) is 1.21. The number of anilines is 1. The van der Waals surface area contributed by atoms with E-state index in [9.17, 15) is 4.79 Å². The van der Waals surface area contributed by atoms with Crippen LogP contribution in [-0.4, -0.2) is 38.8 Å². The van der Waals surface area contributed by atoms with Crippen LogP contribution in [0.2, 0.25) is 0 Å². The number of carbonyl (C=O) groups is 1. The second-order valence-electron chi connectivity index (χ2n) is 3.29. The highest BCUT2D eigenvalue weighted by molar-refractivity contribution is 5.69. The van der Waals surface area contributed by atoms with E-state index in [2.05, 4.69) is 9.72 Å². The molecule has 0 N–H and O–H groups in total. The average Bonchev–Trinajstić information content (AvgIpc) is 2.35. The summed E-state index contributed by atoms with van der Waals surface area (Å²) in [5.74, 6) is 1.10. The van der Waals surface area contributed by atoms with Crippen molar-refractivity contribution >= 4 is 11.8 Å². The third-order valence-electron chi connectivity index (χ3n) is 2.19. The summed E-state index contributed by atoms with van der Waals surface area (Å²) in [6.07, 6.45) is 0.339. The Morgan fingerprint density at radius 1 is 1.44 bits per heavy atom. The number of methoxy groups -OCH3 is 2. The minimum absolute atomic E-state index is 0.227. The molecule has 0 unspecified atom stereocenters. The number of nitrogens with zero attached hydrogens (tertiary/aromatic N) is 2. The summed E-state index contributed by atoms with van der Waals surface area (Å²) in [7, 11) is 4.82. The van der Waals surface area contributed by atoms with Crippen molar-refractivity contribution in [2.75, 3.05) is 32.7 Å². The second-order valence-corrected chi connectivity index (χ2v) is 3.29. The van der Waals surface area contributed by atoms with E-state index in [0.29, 0.717) is 18.8 Å². The lowest BCUT2D eigenvalue weighted by atomic mass is 10.3. The summed E-state index contributed by atoms with van der Waals surface area (Å²) in [5.41, 5.74) is 0. The van der Waals surface area contributed by atoms with Crippen LogP contribution in [0.4, 0.5) is 5.82 Å². The second kappa shape index (κ2) is 5.95. The molecule has 88 valence electrons. The molecule has 0 radical (unpaired) electrons. The number of rotatable bonds is 5. The van der Waals surface area contributed by atoms with Crippen molar-refractivity contribution in [2.24, 2.45) is 0 Å². The summed E-state index contributed by atoms with van der Waals surface area (Å²) in [6, 6.07) is 5.49. The molecular weight excluding hydrogens is 208 g/mol. The minimum atomic E-state index is -0.227. The quantitative estimate of drug-likeness (QED) is 0.701. The van der Waals surface area contributed by atoms with E-state index >= 15 is 0 Å². The molecule has 0 spiro atoms. The van der Waals surface area contributed by atoms with Gasteiger partial charge in [-0.15, -0.1) is 0 Å². The Bertz CT molecular complexity index is 355. The van der Waals surface area contributed by atoms with Gasteiger partial charge in [-0.1, -0.05) is 6.07 Å². The van der Waals surface area contributed by atoms with Crippen molar-refractivity contribution in [1.29, 1.82) is 0 Å². The molecule has 5 nitrogen and oxygen atoms in total. The molecule has 0 bridgehead atoms. The van der Waals surface area contributed by atoms with E-state index in [-0.39, 0.29) is 5.97 Å². The molecule has 1 heterocycles. The molecule has 0 aliphatic carbocycles. The molecule has 0 amide bonds. The normalized spacial score (nSPS) is 9.69. The molecule has 5 heteroatoms. The largest absolute Gasteiger partial charge is 0.481 e. The molecule has 0 fully saturated rings. The molecule has 1 aromatic heterocycles. The first-order chi connectivity index (χ1) is 7.67. The lowest BCUT2D eigenvalue weighted by Crippen LogP contribution is -2.22. The van der Waals surface area contributed by atoms with Crippen LogP contribution >= 0.6 is 0 Å². The predicted molar refractivity (Wildman–Crippen MR) is 60.7 cm³/mol. The highest BCUT2D eigenvalue weighted by Crippen LogP contribution is 2.14. The lowest BCUT2D eigenvalue weighted by molar-refractivity contribution is -0.140. The van der Waals surface area contributed by atoms with Crippen LogP contribution in [0.1, 0.15) is 6.42 Å². The molecule has 0 saturated heterocycles. The van der Waals surface area contributed by atoms with E-state index in [0.717, 1.165) is 5.82 Å². The van der Waals surface area contributed by atoms with Gasteiger partial charge in [-0.25, -0.2) is 0 Å². The topological polar surface area (TPSA) is 51.7 Å². The van der Waals surface area contributed by atoms with Crippen molar-refractivity contribution in [1.82, 2.24) is 4.98 Å². The first-order valence-electron chi connectivity index (χ1n) is 4.96. The number of esters is 1. The molecule has 16 heavy (non-hydrogen) atoms. The van der Waals surface area contributed by atoms with Crippen LogP contribution < -0.4 is 9.64 Å². The number of ether oxygens (including phenoxy) is 2. The number of aromatic nitrogens is 1. The van der Waals surface area contributed by atoms with Crippen LogP contribution in [0, 0.1) is 0 Å². The Balaban J connectivity index is 2.58. The maximum absolute atomic E-state index is 11.0. The summed E-state index contributed by atoms with van der Waals surface area (Å²) in [4.78, 5) is 17.1. The molecular formula is C11H16N2O3. The minimum Gasteiger partial charge on any atom is -0.481 e. The van der Waals surface area contributed by atoms with Crippen molar-refractivity contribution in [3.05, 3.63) is 18.2 Å².